The molecule has 0 bridgehead atoms. The third kappa shape index (κ3) is 2.70. The highest BCUT2D eigenvalue weighted by atomic mass is 32.2. The van der Waals surface area contributed by atoms with Crippen molar-refractivity contribution in [3.8, 4) is 0 Å². The lowest BCUT2D eigenvalue weighted by Gasteiger charge is -2.02. The third-order valence-electron chi connectivity index (χ3n) is 1.94. The fourth-order valence-electron chi connectivity index (χ4n) is 1.35. The minimum absolute atomic E-state index is 0.428. The van der Waals surface area contributed by atoms with E-state index < -0.39 is 0 Å². The fraction of sp³-hybridized carbons (Fsp3) is 0.182. The van der Waals surface area contributed by atoms with E-state index in [0.717, 1.165) is 15.7 Å². The van der Waals surface area contributed by atoms with Crippen LogP contribution in [0.3, 0.4) is 0 Å². The van der Waals surface area contributed by atoms with Crippen molar-refractivity contribution in [1.29, 1.82) is 0 Å². The Hall–Kier alpha value is -1.62. The summed E-state index contributed by atoms with van der Waals surface area (Å²) in [7, 11) is 0. The summed E-state index contributed by atoms with van der Waals surface area (Å²) in [6.07, 6.45) is 0. The average molecular weight is 232 g/mol. The molecule has 82 valence electrons. The number of nitrogen functional groups attached to an aromatic ring is 1. The van der Waals surface area contributed by atoms with Gasteiger partial charge in [-0.1, -0.05) is 0 Å². The van der Waals surface area contributed by atoms with E-state index in [2.05, 4.69) is 15.2 Å². The van der Waals surface area contributed by atoms with Gasteiger partial charge in [-0.3, -0.25) is 0 Å². The van der Waals surface area contributed by atoms with E-state index in [0.29, 0.717) is 5.82 Å². The lowest BCUT2D eigenvalue weighted by Crippen LogP contribution is -1.93. The van der Waals surface area contributed by atoms with E-state index in [1.807, 2.05) is 32.0 Å². The van der Waals surface area contributed by atoms with Gasteiger partial charge in [0.25, 0.3) is 0 Å². The molecule has 0 spiro atoms. The van der Waals surface area contributed by atoms with Gasteiger partial charge < -0.3 is 5.73 Å². The molecule has 0 saturated carbocycles. The highest BCUT2D eigenvalue weighted by Crippen LogP contribution is 2.24. The molecule has 0 fully saturated rings. The van der Waals surface area contributed by atoms with Gasteiger partial charge in [-0.15, -0.1) is 10.2 Å². The van der Waals surface area contributed by atoms with E-state index in [-0.39, 0.29) is 0 Å². The van der Waals surface area contributed by atoms with Crippen LogP contribution in [-0.2, 0) is 0 Å². The Kier molecular flexibility index (Phi) is 3.05. The molecular weight excluding hydrogens is 220 g/mol. The summed E-state index contributed by atoms with van der Waals surface area (Å²) in [5, 5.41) is 9.51. The van der Waals surface area contributed by atoms with Crippen molar-refractivity contribution in [2.45, 2.75) is 23.9 Å². The molecule has 2 aromatic rings. The quantitative estimate of drug-likeness (QED) is 0.860. The minimum Gasteiger partial charge on any atom is -0.382 e. The van der Waals surface area contributed by atoms with Gasteiger partial charge >= 0.3 is 0 Å². The highest BCUT2D eigenvalue weighted by Gasteiger charge is 2.02. The SMILES string of the molecule is Cc1cc(C)nc(Sc2ccc(N)nn2)c1. The van der Waals surface area contributed by atoms with Crippen LogP contribution in [0.4, 0.5) is 5.82 Å². The monoisotopic (exact) mass is 232 g/mol. The van der Waals surface area contributed by atoms with Crippen molar-refractivity contribution >= 4 is 17.6 Å². The van der Waals surface area contributed by atoms with E-state index in [1.54, 1.807) is 6.07 Å². The molecule has 0 aliphatic rings. The normalized spacial score (nSPS) is 10.4. The van der Waals surface area contributed by atoms with E-state index in [9.17, 15) is 0 Å². The molecule has 0 aliphatic heterocycles. The Morgan fingerprint density at radius 1 is 1.06 bits per heavy atom. The topological polar surface area (TPSA) is 64.7 Å². The van der Waals surface area contributed by atoms with E-state index in [1.165, 1.54) is 17.3 Å². The Labute approximate surface area is 98.3 Å². The van der Waals surface area contributed by atoms with Crippen LogP contribution in [0.5, 0.6) is 0 Å². The van der Waals surface area contributed by atoms with Crippen molar-refractivity contribution in [2.75, 3.05) is 5.73 Å². The molecule has 2 rings (SSSR count). The molecular formula is C11H12N4S. The van der Waals surface area contributed by atoms with Crippen LogP contribution in [0.25, 0.3) is 0 Å². The van der Waals surface area contributed by atoms with Gasteiger partial charge in [-0.25, -0.2) is 4.98 Å². The predicted octanol–water partition coefficient (Wildman–Crippen LogP) is 2.22. The summed E-state index contributed by atoms with van der Waals surface area (Å²) >= 11 is 1.48. The zero-order valence-corrected chi connectivity index (χ0v) is 9.95. The van der Waals surface area contributed by atoms with Crippen molar-refractivity contribution in [3.63, 3.8) is 0 Å². The smallest absolute Gasteiger partial charge is 0.146 e. The van der Waals surface area contributed by atoms with E-state index in [4.69, 9.17) is 5.73 Å². The van der Waals surface area contributed by atoms with Crippen LogP contribution in [0.15, 0.2) is 34.3 Å². The lowest BCUT2D eigenvalue weighted by molar-refractivity contribution is 0.933. The lowest BCUT2D eigenvalue weighted by atomic mass is 10.3. The second kappa shape index (κ2) is 4.49. The first kappa shape index (κ1) is 10.9. The zero-order valence-electron chi connectivity index (χ0n) is 9.14. The van der Waals surface area contributed by atoms with Gasteiger partial charge in [0.2, 0.25) is 0 Å². The van der Waals surface area contributed by atoms with Crippen molar-refractivity contribution < 1.29 is 0 Å². The Bertz CT molecular complexity index is 476. The van der Waals surface area contributed by atoms with Crippen LogP contribution >= 0.6 is 11.8 Å². The summed E-state index contributed by atoms with van der Waals surface area (Å²) in [6, 6.07) is 7.64. The predicted molar refractivity (Wildman–Crippen MR) is 64.3 cm³/mol. The van der Waals surface area contributed by atoms with Gasteiger partial charge in [0.1, 0.15) is 15.9 Å². The summed E-state index contributed by atoms with van der Waals surface area (Å²) < 4.78 is 0. The van der Waals surface area contributed by atoms with Crippen LogP contribution in [0.1, 0.15) is 11.3 Å². The largest absolute Gasteiger partial charge is 0.382 e. The van der Waals surface area contributed by atoms with Crippen LogP contribution in [-0.4, -0.2) is 15.2 Å². The number of rotatable bonds is 2. The molecule has 2 heterocycles. The van der Waals surface area contributed by atoms with Crippen molar-refractivity contribution in [3.05, 3.63) is 35.5 Å². The number of aryl methyl sites for hydroxylation is 2. The Balaban J connectivity index is 2.23. The minimum atomic E-state index is 0.428. The average Bonchev–Trinajstić information content (AvgIpc) is 2.20. The van der Waals surface area contributed by atoms with Crippen molar-refractivity contribution in [1.82, 2.24) is 15.2 Å². The maximum Gasteiger partial charge on any atom is 0.146 e. The molecule has 5 heteroatoms. The second-order valence-corrected chi connectivity index (χ2v) is 4.56. The van der Waals surface area contributed by atoms with Gasteiger partial charge in [-0.2, -0.15) is 0 Å². The molecule has 0 radical (unpaired) electrons. The van der Waals surface area contributed by atoms with Gasteiger partial charge in [-0.05, 0) is 55.4 Å². The molecule has 2 N–H and O–H groups in total. The highest BCUT2D eigenvalue weighted by molar-refractivity contribution is 7.99. The maximum absolute atomic E-state index is 5.47. The number of nitrogens with two attached hydrogens (primary N) is 1. The fourth-order valence-corrected chi connectivity index (χ4v) is 2.21. The van der Waals surface area contributed by atoms with Crippen molar-refractivity contribution in [2.24, 2.45) is 0 Å². The van der Waals surface area contributed by atoms with Crippen LogP contribution in [0, 0.1) is 13.8 Å². The van der Waals surface area contributed by atoms with Gasteiger partial charge in [0.15, 0.2) is 0 Å². The molecule has 0 aliphatic carbocycles. The molecule has 16 heavy (non-hydrogen) atoms. The molecule has 4 nitrogen and oxygen atoms in total. The van der Waals surface area contributed by atoms with Crippen LogP contribution < -0.4 is 5.73 Å². The molecule has 0 amide bonds. The Morgan fingerprint density at radius 3 is 2.50 bits per heavy atom. The van der Waals surface area contributed by atoms with Gasteiger partial charge in [0, 0.05) is 5.69 Å². The Morgan fingerprint density at radius 2 is 1.88 bits per heavy atom. The second-order valence-electron chi connectivity index (χ2n) is 3.52. The summed E-state index contributed by atoms with van der Waals surface area (Å²) in [6.45, 7) is 4.03. The molecule has 0 unspecified atom stereocenters. The third-order valence-corrected chi connectivity index (χ3v) is 2.79. The van der Waals surface area contributed by atoms with Crippen LogP contribution in [0.2, 0.25) is 0 Å². The van der Waals surface area contributed by atoms with Gasteiger partial charge in [0.05, 0.1) is 0 Å². The summed E-state index contributed by atoms with van der Waals surface area (Å²) in [5.74, 6) is 0.428. The number of anilines is 1. The summed E-state index contributed by atoms with van der Waals surface area (Å²) in [5.41, 5.74) is 7.67. The standard InChI is InChI=1S/C11H12N4S/c1-7-5-8(2)13-11(6-7)16-10-4-3-9(12)14-15-10/h3-6H,1-2H3,(H2,12,14). The number of hydrogen-bond donors (Lipinski definition) is 1. The zero-order chi connectivity index (χ0) is 11.5. The maximum atomic E-state index is 5.47. The molecule has 0 atom stereocenters. The molecule has 0 saturated heterocycles. The first-order chi connectivity index (χ1) is 7.63. The number of nitrogens with zero attached hydrogens (tertiary/aromatic N) is 3. The van der Waals surface area contributed by atoms with E-state index >= 15 is 0 Å². The first-order valence-corrected chi connectivity index (χ1v) is 5.67. The number of aromatic nitrogens is 3. The number of hydrogen-bond acceptors (Lipinski definition) is 5. The number of pyridine rings is 1. The first-order valence-electron chi connectivity index (χ1n) is 4.86. The molecule has 0 aromatic carbocycles. The molecule has 2 aromatic heterocycles. The summed E-state index contributed by atoms with van der Waals surface area (Å²) in [4.78, 5) is 4.42.